The number of ether oxygens (including phenoxy) is 1. The molecule has 0 aromatic heterocycles. The van der Waals surface area contributed by atoms with E-state index in [0.717, 1.165) is 6.42 Å². The molecule has 0 radical (unpaired) electrons. The summed E-state index contributed by atoms with van der Waals surface area (Å²) in [5, 5.41) is 9.54. The first-order chi connectivity index (χ1) is 7.92. The van der Waals surface area contributed by atoms with E-state index < -0.39 is 5.60 Å². The van der Waals surface area contributed by atoms with Gasteiger partial charge in [0.2, 0.25) is 0 Å². The van der Waals surface area contributed by atoms with E-state index in [9.17, 15) is 9.50 Å². The predicted octanol–water partition coefficient (Wildman–Crippen LogP) is 3.40. The Hall–Kier alpha value is -1.35. The summed E-state index contributed by atoms with van der Waals surface area (Å²) in [6.07, 6.45) is 5.13. The molecule has 1 aromatic carbocycles. The first-order valence-electron chi connectivity index (χ1n) is 5.65. The molecule has 0 spiro atoms. The van der Waals surface area contributed by atoms with Crippen LogP contribution in [0.3, 0.4) is 0 Å². The van der Waals surface area contributed by atoms with Crippen LogP contribution in [-0.2, 0) is 0 Å². The number of benzene rings is 1. The molecular formula is C14H19FO2. The van der Waals surface area contributed by atoms with Gasteiger partial charge in [0.1, 0.15) is 11.6 Å². The Kier molecular flexibility index (Phi) is 4.70. The standard InChI is InChI=1S/C14H19FO2/c1-14(2,16)9-5-4-6-11-10-12(15)7-8-13(11)17-3/h4,6-8,10,16H,5,9H2,1-3H3/b6-4+. The minimum Gasteiger partial charge on any atom is -0.496 e. The van der Waals surface area contributed by atoms with Crippen molar-refractivity contribution in [3.8, 4) is 5.75 Å². The van der Waals surface area contributed by atoms with Crippen molar-refractivity contribution < 1.29 is 14.2 Å². The first-order valence-corrected chi connectivity index (χ1v) is 5.65. The molecule has 1 aromatic rings. The molecule has 0 saturated heterocycles. The smallest absolute Gasteiger partial charge is 0.126 e. The molecule has 1 N–H and O–H groups in total. The second-order valence-electron chi connectivity index (χ2n) is 4.64. The fraction of sp³-hybridized carbons (Fsp3) is 0.429. The van der Waals surface area contributed by atoms with E-state index in [1.54, 1.807) is 27.0 Å². The summed E-state index contributed by atoms with van der Waals surface area (Å²) < 4.78 is 18.2. The van der Waals surface area contributed by atoms with Gasteiger partial charge in [0.15, 0.2) is 0 Å². The summed E-state index contributed by atoms with van der Waals surface area (Å²) in [6.45, 7) is 3.53. The molecule has 0 aliphatic heterocycles. The quantitative estimate of drug-likeness (QED) is 0.852. The summed E-state index contributed by atoms with van der Waals surface area (Å²) in [6, 6.07) is 4.40. The van der Waals surface area contributed by atoms with Crippen LogP contribution in [0.25, 0.3) is 6.08 Å². The molecule has 17 heavy (non-hydrogen) atoms. The van der Waals surface area contributed by atoms with E-state index in [-0.39, 0.29) is 5.82 Å². The third-order valence-electron chi connectivity index (χ3n) is 2.41. The van der Waals surface area contributed by atoms with Crippen LogP contribution in [0.4, 0.5) is 4.39 Å². The maximum absolute atomic E-state index is 13.1. The van der Waals surface area contributed by atoms with Crippen LogP contribution in [0, 0.1) is 5.82 Å². The molecule has 2 nitrogen and oxygen atoms in total. The minimum absolute atomic E-state index is 0.284. The van der Waals surface area contributed by atoms with Gasteiger partial charge in [-0.1, -0.05) is 12.2 Å². The van der Waals surface area contributed by atoms with Crippen molar-refractivity contribution in [3.05, 3.63) is 35.7 Å². The maximum Gasteiger partial charge on any atom is 0.126 e. The van der Waals surface area contributed by atoms with E-state index >= 15 is 0 Å². The number of aliphatic hydroxyl groups is 1. The van der Waals surface area contributed by atoms with Crippen LogP contribution < -0.4 is 4.74 Å². The normalized spacial score (nSPS) is 12.1. The van der Waals surface area contributed by atoms with Crippen molar-refractivity contribution in [3.63, 3.8) is 0 Å². The Bertz CT molecular complexity index is 392. The number of halogens is 1. The molecule has 1 rings (SSSR count). The molecule has 0 amide bonds. The Balaban J connectivity index is 2.67. The lowest BCUT2D eigenvalue weighted by Crippen LogP contribution is -2.17. The third-order valence-corrected chi connectivity index (χ3v) is 2.41. The Labute approximate surface area is 102 Å². The number of allylic oxidation sites excluding steroid dienone is 1. The van der Waals surface area contributed by atoms with Crippen LogP contribution in [-0.4, -0.2) is 17.8 Å². The lowest BCUT2D eigenvalue weighted by atomic mass is 10.0. The van der Waals surface area contributed by atoms with Crippen LogP contribution in [0.15, 0.2) is 24.3 Å². The zero-order chi connectivity index (χ0) is 12.9. The molecule has 94 valence electrons. The van der Waals surface area contributed by atoms with Crippen molar-refractivity contribution in [2.75, 3.05) is 7.11 Å². The highest BCUT2D eigenvalue weighted by atomic mass is 19.1. The largest absolute Gasteiger partial charge is 0.496 e. The Morgan fingerprint density at radius 1 is 1.41 bits per heavy atom. The van der Waals surface area contributed by atoms with E-state index in [1.165, 1.54) is 12.1 Å². The first kappa shape index (κ1) is 13.7. The molecule has 0 bridgehead atoms. The molecule has 0 aliphatic carbocycles. The number of hydrogen-bond acceptors (Lipinski definition) is 2. The van der Waals surface area contributed by atoms with Crippen LogP contribution in [0.1, 0.15) is 32.3 Å². The van der Waals surface area contributed by atoms with Gasteiger partial charge in [-0.3, -0.25) is 0 Å². The molecule has 0 unspecified atom stereocenters. The van der Waals surface area contributed by atoms with Gasteiger partial charge in [-0.05, 0) is 44.9 Å². The fourth-order valence-electron chi connectivity index (χ4n) is 1.48. The van der Waals surface area contributed by atoms with Gasteiger partial charge in [0, 0.05) is 5.56 Å². The topological polar surface area (TPSA) is 29.5 Å². The highest BCUT2D eigenvalue weighted by Gasteiger charge is 2.10. The fourth-order valence-corrected chi connectivity index (χ4v) is 1.48. The Morgan fingerprint density at radius 3 is 2.71 bits per heavy atom. The van der Waals surface area contributed by atoms with Gasteiger partial charge in [0.05, 0.1) is 12.7 Å². The highest BCUT2D eigenvalue weighted by molar-refractivity contribution is 5.57. The summed E-state index contributed by atoms with van der Waals surface area (Å²) in [4.78, 5) is 0. The lowest BCUT2D eigenvalue weighted by molar-refractivity contribution is 0.0722. The van der Waals surface area contributed by atoms with Gasteiger partial charge >= 0.3 is 0 Å². The summed E-state index contributed by atoms with van der Waals surface area (Å²) in [5.41, 5.74) is 0.0411. The van der Waals surface area contributed by atoms with E-state index in [4.69, 9.17) is 4.74 Å². The van der Waals surface area contributed by atoms with Crippen LogP contribution in [0.5, 0.6) is 5.75 Å². The SMILES string of the molecule is COc1ccc(F)cc1/C=C/CCC(C)(C)O. The summed E-state index contributed by atoms with van der Waals surface area (Å²) in [5.74, 6) is 0.360. The molecule has 0 atom stereocenters. The second-order valence-corrected chi connectivity index (χ2v) is 4.64. The lowest BCUT2D eigenvalue weighted by Gasteiger charge is -2.14. The van der Waals surface area contributed by atoms with Gasteiger partial charge in [-0.2, -0.15) is 0 Å². The third kappa shape index (κ3) is 5.00. The zero-order valence-corrected chi connectivity index (χ0v) is 10.5. The van der Waals surface area contributed by atoms with Crippen molar-refractivity contribution >= 4 is 6.08 Å². The van der Waals surface area contributed by atoms with Crippen molar-refractivity contribution in [2.24, 2.45) is 0 Å². The zero-order valence-electron chi connectivity index (χ0n) is 10.5. The maximum atomic E-state index is 13.1. The minimum atomic E-state index is -0.670. The Morgan fingerprint density at radius 2 is 2.12 bits per heavy atom. The van der Waals surface area contributed by atoms with Crippen LogP contribution in [0.2, 0.25) is 0 Å². The highest BCUT2D eigenvalue weighted by Crippen LogP contribution is 2.21. The van der Waals surface area contributed by atoms with Gasteiger partial charge in [-0.15, -0.1) is 0 Å². The van der Waals surface area contributed by atoms with E-state index in [1.807, 2.05) is 12.2 Å². The summed E-state index contributed by atoms with van der Waals surface area (Å²) >= 11 is 0. The average Bonchev–Trinajstić information content (AvgIpc) is 2.23. The molecule has 0 saturated carbocycles. The average molecular weight is 238 g/mol. The molecule has 3 heteroatoms. The number of methoxy groups -OCH3 is 1. The molecular weight excluding hydrogens is 219 g/mol. The molecule has 0 heterocycles. The molecule has 0 aliphatic rings. The number of rotatable bonds is 5. The monoisotopic (exact) mass is 238 g/mol. The van der Waals surface area contributed by atoms with Crippen LogP contribution >= 0.6 is 0 Å². The number of hydrogen-bond donors (Lipinski definition) is 1. The van der Waals surface area contributed by atoms with Gasteiger partial charge < -0.3 is 9.84 Å². The van der Waals surface area contributed by atoms with E-state index in [2.05, 4.69) is 0 Å². The molecule has 0 fully saturated rings. The van der Waals surface area contributed by atoms with Crippen molar-refractivity contribution in [2.45, 2.75) is 32.3 Å². The van der Waals surface area contributed by atoms with E-state index in [0.29, 0.717) is 17.7 Å². The van der Waals surface area contributed by atoms with Gasteiger partial charge in [-0.25, -0.2) is 4.39 Å². The second kappa shape index (κ2) is 5.82. The van der Waals surface area contributed by atoms with Crippen molar-refractivity contribution in [1.82, 2.24) is 0 Å². The summed E-state index contributed by atoms with van der Waals surface area (Å²) in [7, 11) is 1.56. The van der Waals surface area contributed by atoms with Crippen molar-refractivity contribution in [1.29, 1.82) is 0 Å². The predicted molar refractivity (Wildman–Crippen MR) is 67.5 cm³/mol. The van der Waals surface area contributed by atoms with Gasteiger partial charge in [0.25, 0.3) is 0 Å².